The molecule has 34 heavy (non-hydrogen) atoms. The third-order valence-corrected chi connectivity index (χ3v) is 7.55. The molecule has 1 N–H and O–H groups in total. The highest BCUT2D eigenvalue weighted by molar-refractivity contribution is 7.58. The van der Waals surface area contributed by atoms with Crippen LogP contribution in [0.4, 0.5) is 22.0 Å². The first kappa shape index (κ1) is 28.8. The van der Waals surface area contributed by atoms with Crippen LogP contribution in [-0.4, -0.2) is 30.4 Å². The van der Waals surface area contributed by atoms with Crippen molar-refractivity contribution < 1.29 is 45.4 Å². The minimum absolute atomic E-state index is 0.0892. The molecule has 11 heteroatoms. The fraction of sp³-hybridized carbons (Fsp3) is 0.652. The number of rotatable bonds is 6. The molecule has 0 amide bonds. The first-order chi connectivity index (χ1) is 15.2. The van der Waals surface area contributed by atoms with E-state index in [0.29, 0.717) is 11.1 Å². The van der Waals surface area contributed by atoms with Gasteiger partial charge in [-0.05, 0) is 36.3 Å². The van der Waals surface area contributed by atoms with E-state index in [2.05, 4.69) is 0 Å². The quantitative estimate of drug-likeness (QED) is 0.317. The monoisotopic (exact) mass is 514 g/mol. The zero-order chi connectivity index (χ0) is 26.5. The van der Waals surface area contributed by atoms with Crippen LogP contribution in [0.25, 0.3) is 0 Å². The summed E-state index contributed by atoms with van der Waals surface area (Å²) in [6.45, 7) is 12.9. The van der Waals surface area contributed by atoms with Gasteiger partial charge < -0.3 is 18.9 Å². The van der Waals surface area contributed by atoms with E-state index in [4.69, 9.17) is 13.8 Å². The Bertz CT molecular complexity index is 993. The van der Waals surface area contributed by atoms with Crippen molar-refractivity contribution in [2.75, 3.05) is 13.2 Å². The molecule has 0 aliphatic carbocycles. The molecule has 0 bridgehead atoms. The zero-order valence-corrected chi connectivity index (χ0v) is 21.5. The average Bonchev–Trinajstić information content (AvgIpc) is 2.64. The molecule has 2 rings (SSSR count). The molecule has 0 saturated carbocycles. The second-order valence-electron chi connectivity index (χ2n) is 10.1. The van der Waals surface area contributed by atoms with E-state index < -0.39 is 47.7 Å². The van der Waals surface area contributed by atoms with Gasteiger partial charge in [0.05, 0.1) is 13.2 Å². The maximum Gasteiger partial charge on any atom is 0.461 e. The smallest absolute Gasteiger partial charge is 0.453 e. The molecule has 1 aromatic carbocycles. The average molecular weight is 514 g/mol. The molecule has 0 radical (unpaired) electrons. The van der Waals surface area contributed by atoms with Gasteiger partial charge in [0.15, 0.2) is 5.76 Å². The fourth-order valence-corrected chi connectivity index (χ4v) is 5.43. The Morgan fingerprint density at radius 1 is 0.941 bits per heavy atom. The molecule has 5 nitrogen and oxygen atoms in total. The van der Waals surface area contributed by atoms with Crippen LogP contribution in [0.3, 0.4) is 0 Å². The Labute approximate surface area is 196 Å². The van der Waals surface area contributed by atoms with Gasteiger partial charge in [0.25, 0.3) is 0 Å². The summed E-state index contributed by atoms with van der Waals surface area (Å²) in [4.78, 5) is 0. The van der Waals surface area contributed by atoms with Gasteiger partial charge in [0.2, 0.25) is 0 Å². The standard InChI is InChI=1S/C23H32F5O5P/c1-9-31-34(30,32-10-2)18-16(29)14-11-13(20(3,4)5)12-15(21(6,7)8)17(14)33-19(18)22(24,25)23(26,27)28/h11-12,16,29H,9-10H2,1-8H3. The van der Waals surface area contributed by atoms with E-state index in [9.17, 15) is 31.6 Å². The summed E-state index contributed by atoms with van der Waals surface area (Å²) in [6.07, 6.45) is -8.25. The topological polar surface area (TPSA) is 65.0 Å². The highest BCUT2D eigenvalue weighted by atomic mass is 31.2. The molecular formula is C23H32F5O5P. The van der Waals surface area contributed by atoms with Gasteiger partial charge in [-0.25, -0.2) is 0 Å². The predicted molar refractivity (Wildman–Crippen MR) is 118 cm³/mol. The summed E-state index contributed by atoms with van der Waals surface area (Å²) in [7, 11) is -4.82. The molecule has 1 aromatic rings. The van der Waals surface area contributed by atoms with Gasteiger partial charge in [-0.15, -0.1) is 0 Å². The lowest BCUT2D eigenvalue weighted by molar-refractivity contribution is -0.273. The van der Waals surface area contributed by atoms with Gasteiger partial charge in [-0.2, -0.15) is 22.0 Å². The van der Waals surface area contributed by atoms with Crippen LogP contribution in [0.5, 0.6) is 5.75 Å². The number of allylic oxidation sites excluding steroid dienone is 1. The van der Waals surface area contributed by atoms with Gasteiger partial charge in [-0.1, -0.05) is 47.6 Å². The van der Waals surface area contributed by atoms with Gasteiger partial charge in [-0.3, -0.25) is 4.57 Å². The Hall–Kier alpha value is -1.48. The number of ether oxygens (including phenoxy) is 1. The largest absolute Gasteiger partial charge is 0.461 e. The molecule has 194 valence electrons. The fourth-order valence-electron chi connectivity index (χ4n) is 3.53. The highest BCUT2D eigenvalue weighted by Crippen LogP contribution is 2.66. The Morgan fingerprint density at radius 2 is 1.44 bits per heavy atom. The van der Waals surface area contributed by atoms with Crippen molar-refractivity contribution in [3.05, 3.63) is 39.9 Å². The number of alkyl halides is 5. The number of halogens is 5. The summed E-state index contributed by atoms with van der Waals surface area (Å²) < 4.78 is 99.0. The molecule has 0 aromatic heterocycles. The molecule has 0 spiro atoms. The van der Waals surface area contributed by atoms with E-state index in [0.717, 1.165) is 0 Å². The Balaban J connectivity index is 3.02. The van der Waals surface area contributed by atoms with E-state index in [1.165, 1.54) is 19.9 Å². The maximum absolute atomic E-state index is 14.8. The second-order valence-corrected chi connectivity index (χ2v) is 12.1. The Kier molecular flexibility index (Phi) is 7.77. The summed E-state index contributed by atoms with van der Waals surface area (Å²) in [5, 5.41) is 9.97. The van der Waals surface area contributed by atoms with Crippen LogP contribution in [0.2, 0.25) is 0 Å². The second kappa shape index (κ2) is 9.19. The lowest BCUT2D eigenvalue weighted by Crippen LogP contribution is -2.43. The van der Waals surface area contributed by atoms with Crippen molar-refractivity contribution in [2.24, 2.45) is 0 Å². The van der Waals surface area contributed by atoms with Gasteiger partial charge >= 0.3 is 19.7 Å². The first-order valence-corrected chi connectivity index (χ1v) is 12.4. The van der Waals surface area contributed by atoms with Crippen molar-refractivity contribution in [1.29, 1.82) is 0 Å². The van der Waals surface area contributed by atoms with Gasteiger partial charge in [0.1, 0.15) is 17.2 Å². The van der Waals surface area contributed by atoms with Crippen molar-refractivity contribution in [3.63, 3.8) is 0 Å². The van der Waals surface area contributed by atoms with Gasteiger partial charge in [0, 0.05) is 11.1 Å². The minimum Gasteiger partial charge on any atom is -0.453 e. The van der Waals surface area contributed by atoms with Crippen LogP contribution in [0, 0.1) is 0 Å². The molecule has 1 atom stereocenters. The third kappa shape index (κ3) is 5.20. The van der Waals surface area contributed by atoms with Crippen LogP contribution >= 0.6 is 7.60 Å². The van der Waals surface area contributed by atoms with Crippen LogP contribution in [-0.2, 0) is 24.4 Å². The number of aliphatic hydroxyl groups excluding tert-OH is 1. The molecule has 0 fully saturated rings. The van der Waals surface area contributed by atoms with E-state index >= 15 is 0 Å². The summed E-state index contributed by atoms with van der Waals surface area (Å²) in [6, 6.07) is 3.12. The van der Waals surface area contributed by atoms with Crippen LogP contribution in [0.1, 0.15) is 78.2 Å². The summed E-state index contributed by atoms with van der Waals surface area (Å²) >= 11 is 0. The lowest BCUT2D eigenvalue weighted by atomic mass is 9.78. The summed E-state index contributed by atoms with van der Waals surface area (Å²) in [5.74, 6) is -7.91. The van der Waals surface area contributed by atoms with Crippen molar-refractivity contribution in [2.45, 2.75) is 84.4 Å². The number of aliphatic hydroxyl groups is 1. The molecular weight excluding hydrogens is 482 g/mol. The first-order valence-electron chi connectivity index (χ1n) is 10.9. The van der Waals surface area contributed by atoms with Crippen molar-refractivity contribution in [3.8, 4) is 5.75 Å². The predicted octanol–water partition coefficient (Wildman–Crippen LogP) is 7.38. The number of hydrogen-bond acceptors (Lipinski definition) is 5. The summed E-state index contributed by atoms with van der Waals surface area (Å²) in [5.41, 5.74) is -0.338. The Morgan fingerprint density at radius 3 is 1.82 bits per heavy atom. The van der Waals surface area contributed by atoms with E-state index in [1.807, 2.05) is 20.8 Å². The number of fused-ring (bicyclic) bond motifs is 1. The van der Waals surface area contributed by atoms with E-state index in [1.54, 1.807) is 26.8 Å². The SMILES string of the molecule is CCOP(=O)(OCC)C1=C(C(F)(F)C(F)(F)F)Oc2c(cc(C(C)(C)C)cc2C(C)(C)C)C1O. The third-order valence-electron chi connectivity index (χ3n) is 5.32. The molecule has 1 heterocycles. The molecule has 1 aliphatic rings. The van der Waals surface area contributed by atoms with Crippen molar-refractivity contribution >= 4 is 7.60 Å². The number of hydrogen-bond donors (Lipinski definition) is 1. The molecule has 1 unspecified atom stereocenters. The normalized spacial score (nSPS) is 18.1. The lowest BCUT2D eigenvalue weighted by Gasteiger charge is -2.37. The van der Waals surface area contributed by atoms with Crippen molar-refractivity contribution in [1.82, 2.24) is 0 Å². The highest BCUT2D eigenvalue weighted by Gasteiger charge is 2.65. The number of benzene rings is 1. The van der Waals surface area contributed by atoms with E-state index in [-0.39, 0.29) is 24.5 Å². The zero-order valence-electron chi connectivity index (χ0n) is 20.6. The minimum atomic E-state index is -6.10. The van der Waals surface area contributed by atoms with Crippen LogP contribution < -0.4 is 4.74 Å². The molecule has 1 aliphatic heterocycles. The van der Waals surface area contributed by atoms with Crippen LogP contribution in [0.15, 0.2) is 23.2 Å². The maximum atomic E-state index is 14.8. The molecule has 0 saturated heterocycles.